The van der Waals surface area contributed by atoms with Crippen LogP contribution in [0.1, 0.15) is 40.0 Å². The van der Waals surface area contributed by atoms with Gasteiger partial charge in [0.2, 0.25) is 0 Å². The normalized spacial score (nSPS) is 46.8. The highest BCUT2D eigenvalue weighted by molar-refractivity contribution is 5.89. The van der Waals surface area contributed by atoms with Crippen molar-refractivity contribution < 1.29 is 5.41 Å². The van der Waals surface area contributed by atoms with Crippen molar-refractivity contribution in [3.8, 4) is 0 Å². The highest BCUT2D eigenvalue weighted by Gasteiger charge is 2.62. The zero-order chi connectivity index (χ0) is 8.28. The summed E-state index contributed by atoms with van der Waals surface area (Å²) >= 11 is 0. The molecule has 11 heavy (non-hydrogen) atoms. The molecule has 0 aromatic rings. The van der Waals surface area contributed by atoms with E-state index in [0.717, 1.165) is 5.92 Å². The van der Waals surface area contributed by atoms with Gasteiger partial charge >= 0.3 is 0 Å². The van der Waals surface area contributed by atoms with Gasteiger partial charge in [0.05, 0.1) is 5.41 Å². The first-order valence-electron chi connectivity index (χ1n) is 4.60. The molecule has 2 aliphatic rings. The molecular formula is C10H18N+. The molecule has 2 unspecified atom stereocenters. The van der Waals surface area contributed by atoms with Crippen molar-refractivity contribution in [3.05, 3.63) is 0 Å². The molecule has 2 rings (SSSR count). The Balaban J connectivity index is 2.47. The average Bonchev–Trinajstić information content (AvgIpc) is 2.20. The third kappa shape index (κ3) is 0.605. The third-order valence-electron chi connectivity index (χ3n) is 4.61. The Labute approximate surface area is 68.7 Å². The standard InChI is InChI=1S/C10H17N/c1-9(2)7-4-5-10(9,3)8(11)6-7/h7,11H,4-6H2,1-3H3/p+1. The van der Waals surface area contributed by atoms with Crippen LogP contribution in [0.3, 0.4) is 0 Å². The molecule has 1 heteroatoms. The van der Waals surface area contributed by atoms with E-state index >= 15 is 0 Å². The van der Waals surface area contributed by atoms with Crippen molar-refractivity contribution in [1.29, 1.82) is 0 Å². The van der Waals surface area contributed by atoms with E-state index in [2.05, 4.69) is 20.8 Å². The van der Waals surface area contributed by atoms with Crippen LogP contribution in [0.2, 0.25) is 0 Å². The zero-order valence-electron chi connectivity index (χ0n) is 7.78. The lowest BCUT2D eigenvalue weighted by molar-refractivity contribution is -0.128. The summed E-state index contributed by atoms with van der Waals surface area (Å²) in [6.07, 6.45) is 3.89. The summed E-state index contributed by atoms with van der Waals surface area (Å²) < 4.78 is 0. The molecule has 2 aliphatic carbocycles. The molecule has 0 aliphatic heterocycles. The molecule has 0 aromatic carbocycles. The van der Waals surface area contributed by atoms with Crippen molar-refractivity contribution in [3.63, 3.8) is 0 Å². The highest BCUT2D eigenvalue weighted by Crippen LogP contribution is 2.62. The van der Waals surface area contributed by atoms with Crippen molar-refractivity contribution >= 4 is 5.71 Å². The van der Waals surface area contributed by atoms with E-state index in [1.54, 1.807) is 0 Å². The maximum absolute atomic E-state index is 6.05. The van der Waals surface area contributed by atoms with Crippen molar-refractivity contribution in [2.75, 3.05) is 0 Å². The Morgan fingerprint density at radius 2 is 2.00 bits per heavy atom. The van der Waals surface area contributed by atoms with Crippen LogP contribution in [0, 0.1) is 16.7 Å². The molecule has 0 heterocycles. The summed E-state index contributed by atoms with van der Waals surface area (Å²) in [5.74, 6) is 0.868. The van der Waals surface area contributed by atoms with Crippen LogP contribution in [0.25, 0.3) is 0 Å². The fourth-order valence-electron chi connectivity index (χ4n) is 3.02. The second-order valence-electron chi connectivity index (χ2n) is 5.02. The van der Waals surface area contributed by atoms with Crippen molar-refractivity contribution in [2.24, 2.45) is 16.7 Å². The largest absolute Gasteiger partial charge is 0.261 e. The Bertz CT molecular complexity index is 217. The number of nitrogens with two attached hydrogens (primary N) is 1. The molecule has 1 nitrogen and oxygen atoms in total. The van der Waals surface area contributed by atoms with Gasteiger partial charge in [-0.2, -0.15) is 0 Å². The molecule has 2 saturated carbocycles. The molecule has 0 radical (unpaired) electrons. The summed E-state index contributed by atoms with van der Waals surface area (Å²) in [7, 11) is 0. The molecular weight excluding hydrogens is 134 g/mol. The first kappa shape index (κ1) is 7.33. The van der Waals surface area contributed by atoms with Gasteiger partial charge < -0.3 is 0 Å². The Morgan fingerprint density at radius 3 is 2.18 bits per heavy atom. The fraction of sp³-hybridized carbons (Fsp3) is 0.900. The molecule has 2 fully saturated rings. The summed E-state index contributed by atoms with van der Waals surface area (Å²) in [5, 5.41) is 6.05. The topological polar surface area (TPSA) is 25.6 Å². The Morgan fingerprint density at radius 1 is 1.36 bits per heavy atom. The van der Waals surface area contributed by atoms with E-state index in [9.17, 15) is 0 Å². The van der Waals surface area contributed by atoms with Crippen LogP contribution in [-0.4, -0.2) is 5.71 Å². The predicted molar refractivity (Wildman–Crippen MR) is 46.2 cm³/mol. The average molecular weight is 152 g/mol. The molecule has 0 aromatic heterocycles. The van der Waals surface area contributed by atoms with Crippen molar-refractivity contribution in [1.82, 2.24) is 0 Å². The van der Waals surface area contributed by atoms with E-state index in [-0.39, 0.29) is 0 Å². The lowest BCUT2D eigenvalue weighted by Gasteiger charge is -2.31. The van der Waals surface area contributed by atoms with E-state index in [1.807, 2.05) is 0 Å². The minimum atomic E-state index is 0.359. The van der Waals surface area contributed by atoms with Crippen LogP contribution >= 0.6 is 0 Å². The summed E-state index contributed by atoms with van der Waals surface area (Å²) in [6.45, 7) is 7.10. The Hall–Kier alpha value is -0.330. The quantitative estimate of drug-likeness (QED) is 0.536. The summed E-state index contributed by atoms with van der Waals surface area (Å²) in [6, 6.07) is 0. The SMILES string of the molecule is CC12CCC(CC1=[NH2+])C2(C)C. The molecule has 0 saturated heterocycles. The van der Waals surface area contributed by atoms with E-state index < -0.39 is 0 Å². The lowest BCUT2D eigenvalue weighted by atomic mass is 9.70. The van der Waals surface area contributed by atoms with Gasteiger partial charge in [0.25, 0.3) is 0 Å². The minimum absolute atomic E-state index is 0.359. The van der Waals surface area contributed by atoms with E-state index in [4.69, 9.17) is 5.41 Å². The second-order valence-corrected chi connectivity index (χ2v) is 5.02. The van der Waals surface area contributed by atoms with Crippen LogP contribution < -0.4 is 5.41 Å². The molecule has 2 N–H and O–H groups in total. The monoisotopic (exact) mass is 152 g/mol. The Kier molecular flexibility index (Phi) is 1.13. The van der Waals surface area contributed by atoms with Gasteiger partial charge in [0.15, 0.2) is 5.71 Å². The first-order chi connectivity index (χ1) is 4.98. The van der Waals surface area contributed by atoms with Crippen LogP contribution in [0.15, 0.2) is 0 Å². The van der Waals surface area contributed by atoms with E-state index in [1.165, 1.54) is 25.0 Å². The van der Waals surface area contributed by atoms with Gasteiger partial charge in [0.1, 0.15) is 0 Å². The van der Waals surface area contributed by atoms with E-state index in [0.29, 0.717) is 10.8 Å². The zero-order valence-corrected chi connectivity index (χ0v) is 7.78. The maximum Gasteiger partial charge on any atom is 0.155 e. The predicted octanol–water partition coefficient (Wildman–Crippen LogP) is 1.03. The summed E-state index contributed by atoms with van der Waals surface area (Å²) in [4.78, 5) is 0. The van der Waals surface area contributed by atoms with Crippen molar-refractivity contribution in [2.45, 2.75) is 40.0 Å². The molecule has 2 atom stereocenters. The van der Waals surface area contributed by atoms with Crippen LogP contribution in [0.4, 0.5) is 0 Å². The summed E-state index contributed by atoms with van der Waals surface area (Å²) in [5.41, 5.74) is 2.09. The van der Waals surface area contributed by atoms with Gasteiger partial charge in [-0.3, -0.25) is 5.41 Å². The van der Waals surface area contributed by atoms with Gasteiger partial charge in [-0.1, -0.05) is 13.8 Å². The molecule has 0 amide bonds. The third-order valence-corrected chi connectivity index (χ3v) is 4.61. The number of hydrogen-bond donors (Lipinski definition) is 1. The fourth-order valence-corrected chi connectivity index (χ4v) is 3.02. The smallest absolute Gasteiger partial charge is 0.155 e. The first-order valence-corrected chi connectivity index (χ1v) is 4.60. The molecule has 0 spiro atoms. The van der Waals surface area contributed by atoms with Crippen LogP contribution in [-0.2, 0) is 0 Å². The molecule has 62 valence electrons. The minimum Gasteiger partial charge on any atom is -0.261 e. The van der Waals surface area contributed by atoms with Crippen LogP contribution in [0.5, 0.6) is 0 Å². The van der Waals surface area contributed by atoms with Gasteiger partial charge in [-0.25, -0.2) is 0 Å². The highest BCUT2D eigenvalue weighted by atomic mass is 14.7. The van der Waals surface area contributed by atoms with Gasteiger partial charge in [-0.15, -0.1) is 0 Å². The number of hydrogen-bond acceptors (Lipinski definition) is 0. The second kappa shape index (κ2) is 1.70. The number of fused-ring (bicyclic) bond motifs is 2. The lowest BCUT2D eigenvalue weighted by Crippen LogP contribution is -2.49. The maximum atomic E-state index is 6.05. The van der Waals surface area contributed by atoms with Gasteiger partial charge in [0, 0.05) is 6.42 Å². The molecule has 2 bridgehead atoms. The van der Waals surface area contributed by atoms with Gasteiger partial charge in [-0.05, 0) is 31.1 Å². The number of rotatable bonds is 0.